The molecule has 0 heterocycles. The fourth-order valence-electron chi connectivity index (χ4n) is 2.05. The molecule has 7 heteroatoms. The molecule has 2 amide bonds. The molecule has 0 aliphatic carbocycles. The number of anilines is 2. The number of amides is 2. The molecule has 2 aromatic carbocycles. The lowest BCUT2D eigenvalue weighted by molar-refractivity contribution is -0.113. The summed E-state index contributed by atoms with van der Waals surface area (Å²) >= 11 is 1.30. The Morgan fingerprint density at radius 1 is 1.17 bits per heavy atom. The Kier molecular flexibility index (Phi) is 5.81. The molecule has 2 aromatic rings. The minimum absolute atomic E-state index is 0.166. The average molecular weight is 347 g/mol. The summed E-state index contributed by atoms with van der Waals surface area (Å²) in [5.41, 5.74) is 6.89. The number of rotatable bonds is 6. The molecule has 0 aliphatic heterocycles. The smallest absolute Gasteiger partial charge is 0.248 e. The van der Waals surface area contributed by atoms with E-state index < -0.39 is 5.91 Å². The maximum Gasteiger partial charge on any atom is 0.248 e. The topological polar surface area (TPSA) is 75.4 Å². The van der Waals surface area contributed by atoms with Crippen LogP contribution in [-0.4, -0.2) is 31.7 Å². The second kappa shape index (κ2) is 7.83. The summed E-state index contributed by atoms with van der Waals surface area (Å²) in [7, 11) is 3.67. The van der Waals surface area contributed by atoms with E-state index in [0.717, 1.165) is 10.6 Å². The normalized spacial score (nSPS) is 10.3. The molecular formula is C17H18FN3O2S. The molecule has 0 aliphatic rings. The third-order valence-electron chi connectivity index (χ3n) is 3.22. The van der Waals surface area contributed by atoms with Crippen molar-refractivity contribution in [2.75, 3.05) is 30.1 Å². The molecular weight excluding hydrogens is 329 g/mol. The predicted octanol–water partition coefficient (Wildman–Crippen LogP) is 2.72. The van der Waals surface area contributed by atoms with Crippen molar-refractivity contribution in [1.82, 2.24) is 0 Å². The molecule has 0 radical (unpaired) electrons. The van der Waals surface area contributed by atoms with Gasteiger partial charge in [0.15, 0.2) is 0 Å². The number of nitrogens with two attached hydrogens (primary N) is 1. The summed E-state index contributed by atoms with van der Waals surface area (Å²) in [5.74, 6) is -0.938. The molecule has 126 valence electrons. The maximum atomic E-state index is 12.9. The Labute approximate surface area is 144 Å². The first-order valence-electron chi connectivity index (χ1n) is 7.16. The largest absolute Gasteiger partial charge is 0.376 e. The minimum Gasteiger partial charge on any atom is -0.376 e. The first-order valence-corrected chi connectivity index (χ1v) is 8.15. The van der Waals surface area contributed by atoms with Gasteiger partial charge in [0.1, 0.15) is 5.82 Å². The van der Waals surface area contributed by atoms with E-state index in [2.05, 4.69) is 5.32 Å². The van der Waals surface area contributed by atoms with E-state index in [0.29, 0.717) is 11.3 Å². The average Bonchev–Trinajstić information content (AvgIpc) is 2.54. The van der Waals surface area contributed by atoms with Gasteiger partial charge in [-0.2, -0.15) is 0 Å². The standard InChI is InChI=1S/C17H18FN3O2S/c1-21(2)15-8-3-11(17(19)23)9-14(15)20-16(22)10-24-13-6-4-12(18)5-7-13/h3-9H,10H2,1-2H3,(H2,19,23)(H,20,22). The summed E-state index contributed by atoms with van der Waals surface area (Å²) < 4.78 is 12.9. The van der Waals surface area contributed by atoms with E-state index in [9.17, 15) is 14.0 Å². The van der Waals surface area contributed by atoms with Gasteiger partial charge in [-0.15, -0.1) is 11.8 Å². The Hall–Kier alpha value is -2.54. The van der Waals surface area contributed by atoms with E-state index in [1.165, 1.54) is 23.9 Å². The fourth-order valence-corrected chi connectivity index (χ4v) is 2.74. The number of carbonyl (C=O) groups is 2. The zero-order valence-corrected chi connectivity index (χ0v) is 14.2. The van der Waals surface area contributed by atoms with Crippen LogP contribution in [0.3, 0.4) is 0 Å². The molecule has 0 aromatic heterocycles. The highest BCUT2D eigenvalue weighted by Gasteiger charge is 2.12. The van der Waals surface area contributed by atoms with Gasteiger partial charge in [0.25, 0.3) is 0 Å². The molecule has 0 bridgehead atoms. The van der Waals surface area contributed by atoms with E-state index in [1.54, 1.807) is 30.3 Å². The number of benzene rings is 2. The van der Waals surface area contributed by atoms with Crippen molar-refractivity contribution in [1.29, 1.82) is 0 Å². The minimum atomic E-state index is -0.559. The summed E-state index contributed by atoms with van der Waals surface area (Å²) in [6.45, 7) is 0. The number of hydrogen-bond acceptors (Lipinski definition) is 4. The summed E-state index contributed by atoms with van der Waals surface area (Å²) in [4.78, 5) is 26.1. The summed E-state index contributed by atoms with van der Waals surface area (Å²) in [5, 5.41) is 2.79. The van der Waals surface area contributed by atoms with Crippen molar-refractivity contribution in [3.63, 3.8) is 0 Å². The van der Waals surface area contributed by atoms with Gasteiger partial charge in [-0.25, -0.2) is 4.39 Å². The number of primary amides is 1. The Balaban J connectivity index is 2.08. The first-order chi connectivity index (χ1) is 11.4. The molecule has 0 fully saturated rings. The van der Waals surface area contributed by atoms with Crippen molar-refractivity contribution in [2.24, 2.45) is 5.73 Å². The third-order valence-corrected chi connectivity index (χ3v) is 4.23. The van der Waals surface area contributed by atoms with Gasteiger partial charge in [-0.05, 0) is 42.5 Å². The Bertz CT molecular complexity index is 748. The number of nitrogens with one attached hydrogen (secondary N) is 1. The lowest BCUT2D eigenvalue weighted by atomic mass is 10.1. The molecule has 0 spiro atoms. The maximum absolute atomic E-state index is 12.9. The molecule has 2 rings (SSSR count). The molecule has 0 unspecified atom stereocenters. The van der Waals surface area contributed by atoms with Gasteiger partial charge in [0.05, 0.1) is 17.1 Å². The van der Waals surface area contributed by atoms with Crippen LogP contribution in [0.2, 0.25) is 0 Å². The number of nitrogens with zero attached hydrogens (tertiary/aromatic N) is 1. The van der Waals surface area contributed by atoms with Crippen molar-refractivity contribution in [3.8, 4) is 0 Å². The third kappa shape index (κ3) is 4.73. The second-order valence-electron chi connectivity index (χ2n) is 5.28. The molecule has 3 N–H and O–H groups in total. The highest BCUT2D eigenvalue weighted by molar-refractivity contribution is 8.00. The highest BCUT2D eigenvalue weighted by Crippen LogP contribution is 2.26. The lowest BCUT2D eigenvalue weighted by Gasteiger charge is -2.18. The number of thioether (sulfide) groups is 1. The van der Waals surface area contributed by atoms with Gasteiger partial charge in [-0.1, -0.05) is 0 Å². The van der Waals surface area contributed by atoms with Gasteiger partial charge in [0, 0.05) is 24.6 Å². The number of carbonyl (C=O) groups excluding carboxylic acids is 2. The lowest BCUT2D eigenvalue weighted by Crippen LogP contribution is -2.19. The molecule has 0 atom stereocenters. The van der Waals surface area contributed by atoms with Crippen LogP contribution in [0.4, 0.5) is 15.8 Å². The van der Waals surface area contributed by atoms with Crippen molar-refractivity contribution in [3.05, 3.63) is 53.8 Å². The SMILES string of the molecule is CN(C)c1ccc(C(N)=O)cc1NC(=O)CSc1ccc(F)cc1. The van der Waals surface area contributed by atoms with Gasteiger partial charge in [0.2, 0.25) is 11.8 Å². The van der Waals surface area contributed by atoms with E-state index >= 15 is 0 Å². The number of hydrogen-bond donors (Lipinski definition) is 2. The first kappa shape index (κ1) is 17.8. The van der Waals surface area contributed by atoms with Crippen LogP contribution in [0.25, 0.3) is 0 Å². The van der Waals surface area contributed by atoms with E-state index in [4.69, 9.17) is 5.73 Å². The van der Waals surface area contributed by atoms with Crippen molar-refractivity contribution < 1.29 is 14.0 Å². The van der Waals surface area contributed by atoms with Crippen molar-refractivity contribution >= 4 is 35.0 Å². The van der Waals surface area contributed by atoms with Crippen LogP contribution in [0, 0.1) is 5.82 Å². The van der Waals surface area contributed by atoms with Crippen LogP contribution in [0.1, 0.15) is 10.4 Å². The second-order valence-corrected chi connectivity index (χ2v) is 6.33. The predicted molar refractivity (Wildman–Crippen MR) is 95.0 cm³/mol. The zero-order valence-electron chi connectivity index (χ0n) is 13.4. The van der Waals surface area contributed by atoms with Gasteiger partial charge < -0.3 is 16.0 Å². The van der Waals surface area contributed by atoms with Gasteiger partial charge >= 0.3 is 0 Å². The van der Waals surface area contributed by atoms with E-state index in [1.807, 2.05) is 19.0 Å². The Morgan fingerprint density at radius 2 is 1.83 bits per heavy atom. The van der Waals surface area contributed by atoms with E-state index in [-0.39, 0.29) is 17.5 Å². The van der Waals surface area contributed by atoms with Crippen LogP contribution in [0.15, 0.2) is 47.4 Å². The molecule has 5 nitrogen and oxygen atoms in total. The number of halogens is 1. The monoisotopic (exact) mass is 347 g/mol. The summed E-state index contributed by atoms with van der Waals surface area (Å²) in [6, 6.07) is 10.8. The van der Waals surface area contributed by atoms with Crippen LogP contribution >= 0.6 is 11.8 Å². The van der Waals surface area contributed by atoms with Crippen LogP contribution in [-0.2, 0) is 4.79 Å². The Morgan fingerprint density at radius 3 is 2.42 bits per heavy atom. The fraction of sp³-hybridized carbons (Fsp3) is 0.176. The zero-order chi connectivity index (χ0) is 17.7. The van der Waals surface area contributed by atoms with Crippen LogP contribution in [0.5, 0.6) is 0 Å². The van der Waals surface area contributed by atoms with Crippen LogP contribution < -0.4 is 16.0 Å². The molecule has 0 saturated heterocycles. The highest BCUT2D eigenvalue weighted by atomic mass is 32.2. The van der Waals surface area contributed by atoms with Crippen molar-refractivity contribution in [2.45, 2.75) is 4.90 Å². The molecule has 0 saturated carbocycles. The quantitative estimate of drug-likeness (QED) is 0.788. The molecule has 24 heavy (non-hydrogen) atoms. The summed E-state index contributed by atoms with van der Waals surface area (Å²) in [6.07, 6.45) is 0. The van der Waals surface area contributed by atoms with Gasteiger partial charge in [-0.3, -0.25) is 9.59 Å².